The Morgan fingerprint density at radius 1 is 1.38 bits per heavy atom. The van der Waals surface area contributed by atoms with E-state index in [9.17, 15) is 4.79 Å². The Kier molecular flexibility index (Phi) is 4.63. The minimum Gasteiger partial charge on any atom is -0.348 e. The van der Waals surface area contributed by atoms with Crippen LogP contribution in [0.3, 0.4) is 0 Å². The lowest BCUT2D eigenvalue weighted by Crippen LogP contribution is -2.23. The van der Waals surface area contributed by atoms with Gasteiger partial charge in [-0.2, -0.15) is 5.10 Å². The fourth-order valence-electron chi connectivity index (χ4n) is 2.21. The molecule has 1 amide bonds. The second-order valence-corrected chi connectivity index (χ2v) is 5.37. The van der Waals surface area contributed by atoms with Gasteiger partial charge in [-0.25, -0.2) is 4.98 Å². The number of nitrogens with one attached hydrogen (secondary N) is 1. The van der Waals surface area contributed by atoms with E-state index >= 15 is 0 Å². The number of rotatable bonds is 4. The lowest BCUT2D eigenvalue weighted by atomic mass is 10.1. The first-order valence-corrected chi connectivity index (χ1v) is 7.24. The fraction of sp³-hybridized carbons (Fsp3) is 0.400. The maximum atomic E-state index is 12.2. The third-order valence-electron chi connectivity index (χ3n) is 3.56. The normalized spacial score (nSPS) is 10.7. The van der Waals surface area contributed by atoms with E-state index in [1.807, 2.05) is 32.5 Å². The summed E-state index contributed by atoms with van der Waals surface area (Å²) in [6, 6.07) is 3.35. The number of hydrogen-bond donors (Lipinski definition) is 1. The standard InChI is InChI=1S/C15H19ClN4O/c1-5-12-6-11(7-14(16)18-12)15(21)17-8-13-9(2)19-20(4)10(13)3/h6-7H,5,8H2,1-4H3,(H,17,21). The van der Waals surface area contributed by atoms with Crippen LogP contribution in [0.5, 0.6) is 0 Å². The molecule has 0 unspecified atom stereocenters. The zero-order chi connectivity index (χ0) is 15.6. The molecule has 1 N–H and O–H groups in total. The molecule has 5 nitrogen and oxygen atoms in total. The second kappa shape index (κ2) is 6.26. The van der Waals surface area contributed by atoms with Crippen LogP contribution in [-0.4, -0.2) is 20.7 Å². The Labute approximate surface area is 129 Å². The van der Waals surface area contributed by atoms with Gasteiger partial charge in [0.2, 0.25) is 0 Å². The summed E-state index contributed by atoms with van der Waals surface area (Å²) in [7, 11) is 1.89. The van der Waals surface area contributed by atoms with Crippen LogP contribution in [0, 0.1) is 13.8 Å². The molecule has 2 aromatic rings. The highest BCUT2D eigenvalue weighted by molar-refractivity contribution is 6.29. The topological polar surface area (TPSA) is 59.8 Å². The molecule has 0 aliphatic rings. The van der Waals surface area contributed by atoms with Crippen LogP contribution < -0.4 is 5.32 Å². The van der Waals surface area contributed by atoms with Crippen LogP contribution in [0.25, 0.3) is 0 Å². The van der Waals surface area contributed by atoms with Gasteiger partial charge in [0.25, 0.3) is 5.91 Å². The number of carbonyl (C=O) groups is 1. The SMILES string of the molecule is CCc1cc(C(=O)NCc2c(C)nn(C)c2C)cc(Cl)n1. The lowest BCUT2D eigenvalue weighted by molar-refractivity contribution is 0.0950. The Morgan fingerprint density at radius 3 is 2.67 bits per heavy atom. The molecule has 0 saturated carbocycles. The van der Waals surface area contributed by atoms with Gasteiger partial charge in [-0.15, -0.1) is 0 Å². The highest BCUT2D eigenvalue weighted by Crippen LogP contribution is 2.14. The molecular formula is C15H19ClN4O. The summed E-state index contributed by atoms with van der Waals surface area (Å²) in [4.78, 5) is 16.4. The summed E-state index contributed by atoms with van der Waals surface area (Å²) >= 11 is 5.94. The van der Waals surface area contributed by atoms with Crippen molar-refractivity contribution in [1.29, 1.82) is 0 Å². The lowest BCUT2D eigenvalue weighted by Gasteiger charge is -2.07. The van der Waals surface area contributed by atoms with Crippen molar-refractivity contribution >= 4 is 17.5 Å². The minimum atomic E-state index is -0.156. The van der Waals surface area contributed by atoms with Crippen LogP contribution >= 0.6 is 11.6 Å². The zero-order valence-corrected chi connectivity index (χ0v) is 13.5. The third kappa shape index (κ3) is 3.42. The van der Waals surface area contributed by atoms with Crippen LogP contribution in [0.2, 0.25) is 5.15 Å². The van der Waals surface area contributed by atoms with Gasteiger partial charge in [0.1, 0.15) is 5.15 Å². The molecule has 0 bridgehead atoms. The van der Waals surface area contributed by atoms with E-state index in [1.165, 1.54) is 0 Å². The van der Waals surface area contributed by atoms with Gasteiger partial charge in [-0.1, -0.05) is 18.5 Å². The monoisotopic (exact) mass is 306 g/mol. The Balaban J connectivity index is 2.13. The summed E-state index contributed by atoms with van der Waals surface area (Å²) in [6.45, 7) is 6.35. The van der Waals surface area contributed by atoms with E-state index in [4.69, 9.17) is 11.6 Å². The molecule has 0 spiro atoms. The highest BCUT2D eigenvalue weighted by atomic mass is 35.5. The molecule has 6 heteroatoms. The first-order valence-electron chi connectivity index (χ1n) is 6.86. The smallest absolute Gasteiger partial charge is 0.251 e. The molecule has 0 aliphatic carbocycles. The van der Waals surface area contributed by atoms with Gasteiger partial charge >= 0.3 is 0 Å². The maximum absolute atomic E-state index is 12.2. The van der Waals surface area contributed by atoms with Crippen LogP contribution in [-0.2, 0) is 20.0 Å². The Hall–Kier alpha value is -1.88. The third-order valence-corrected chi connectivity index (χ3v) is 3.75. The zero-order valence-electron chi connectivity index (χ0n) is 12.7. The number of amides is 1. The molecule has 0 atom stereocenters. The maximum Gasteiger partial charge on any atom is 0.251 e. The van der Waals surface area contributed by atoms with E-state index in [2.05, 4.69) is 15.4 Å². The highest BCUT2D eigenvalue weighted by Gasteiger charge is 2.12. The van der Waals surface area contributed by atoms with E-state index in [1.54, 1.807) is 12.1 Å². The average Bonchev–Trinajstić information content (AvgIpc) is 2.69. The average molecular weight is 307 g/mol. The predicted octanol–water partition coefficient (Wildman–Crippen LogP) is 2.58. The number of hydrogen-bond acceptors (Lipinski definition) is 3. The second-order valence-electron chi connectivity index (χ2n) is 4.98. The molecule has 2 heterocycles. The van der Waals surface area contributed by atoms with Gasteiger partial charge in [-0.3, -0.25) is 9.48 Å². The quantitative estimate of drug-likeness (QED) is 0.883. The van der Waals surface area contributed by atoms with Crippen molar-refractivity contribution in [3.05, 3.63) is 45.5 Å². The van der Waals surface area contributed by atoms with E-state index in [0.29, 0.717) is 17.3 Å². The molecule has 2 rings (SSSR count). The predicted molar refractivity (Wildman–Crippen MR) is 82.5 cm³/mol. The Bertz CT molecular complexity index is 679. The summed E-state index contributed by atoms with van der Waals surface area (Å²) in [6.07, 6.45) is 0.738. The van der Waals surface area contributed by atoms with Gasteiger partial charge in [0.05, 0.1) is 5.69 Å². The molecule has 0 fully saturated rings. The van der Waals surface area contributed by atoms with Crippen LogP contribution in [0.4, 0.5) is 0 Å². The van der Waals surface area contributed by atoms with Gasteiger partial charge in [0.15, 0.2) is 0 Å². The number of pyridine rings is 1. The molecule has 2 aromatic heterocycles. The van der Waals surface area contributed by atoms with E-state index < -0.39 is 0 Å². The molecule has 0 saturated heterocycles. The number of aryl methyl sites for hydroxylation is 3. The number of aromatic nitrogens is 3. The van der Waals surface area contributed by atoms with Gasteiger partial charge in [-0.05, 0) is 32.4 Å². The first kappa shape index (κ1) is 15.5. The molecule has 0 aromatic carbocycles. The fourth-order valence-corrected chi connectivity index (χ4v) is 2.43. The summed E-state index contributed by atoms with van der Waals surface area (Å²) in [5.41, 5.74) is 4.36. The van der Waals surface area contributed by atoms with Crippen LogP contribution in [0.15, 0.2) is 12.1 Å². The molecular weight excluding hydrogens is 288 g/mol. The van der Waals surface area contributed by atoms with Crippen LogP contribution in [0.1, 0.15) is 39.9 Å². The van der Waals surface area contributed by atoms with Gasteiger partial charge in [0, 0.05) is 36.1 Å². The largest absolute Gasteiger partial charge is 0.348 e. The number of nitrogens with zero attached hydrogens (tertiary/aromatic N) is 3. The summed E-state index contributed by atoms with van der Waals surface area (Å²) in [5.74, 6) is -0.156. The first-order chi connectivity index (χ1) is 9.92. The Morgan fingerprint density at radius 2 is 2.10 bits per heavy atom. The van der Waals surface area contributed by atoms with Gasteiger partial charge < -0.3 is 5.32 Å². The minimum absolute atomic E-state index is 0.156. The van der Waals surface area contributed by atoms with E-state index in [0.717, 1.165) is 29.1 Å². The molecule has 112 valence electrons. The molecule has 21 heavy (non-hydrogen) atoms. The van der Waals surface area contributed by atoms with E-state index in [-0.39, 0.29) is 5.91 Å². The number of carbonyl (C=O) groups excluding carboxylic acids is 1. The molecule has 0 aliphatic heterocycles. The van der Waals surface area contributed by atoms with Crippen molar-refractivity contribution in [2.75, 3.05) is 0 Å². The van der Waals surface area contributed by atoms with Crippen molar-refractivity contribution in [3.63, 3.8) is 0 Å². The summed E-state index contributed by atoms with van der Waals surface area (Å²) in [5, 5.41) is 7.59. The molecule has 0 radical (unpaired) electrons. The number of halogens is 1. The van der Waals surface area contributed by atoms with Crippen molar-refractivity contribution in [1.82, 2.24) is 20.1 Å². The van der Waals surface area contributed by atoms with Crippen molar-refractivity contribution in [3.8, 4) is 0 Å². The van der Waals surface area contributed by atoms with Crippen molar-refractivity contribution in [2.45, 2.75) is 33.7 Å². The van der Waals surface area contributed by atoms with Crippen molar-refractivity contribution < 1.29 is 4.79 Å². The summed E-state index contributed by atoms with van der Waals surface area (Å²) < 4.78 is 1.81. The van der Waals surface area contributed by atoms with Crippen molar-refractivity contribution in [2.24, 2.45) is 7.05 Å².